The number of alkyl halides is 2. The standard InChI is InChI=1S/C8H13F2NO/c1-6(12)11(2)7-4-3-5-8(7,9)10/h7H,3-5H2,1-2H3. The van der Waals surface area contributed by atoms with E-state index in [2.05, 4.69) is 0 Å². The van der Waals surface area contributed by atoms with Gasteiger partial charge < -0.3 is 4.90 Å². The summed E-state index contributed by atoms with van der Waals surface area (Å²) in [6.07, 6.45) is 0.841. The molecule has 0 spiro atoms. The summed E-state index contributed by atoms with van der Waals surface area (Å²) < 4.78 is 26.1. The molecule has 0 radical (unpaired) electrons. The Morgan fingerprint density at radius 2 is 2.17 bits per heavy atom. The molecule has 4 heteroatoms. The van der Waals surface area contributed by atoms with Gasteiger partial charge in [0.15, 0.2) is 0 Å². The van der Waals surface area contributed by atoms with Crippen molar-refractivity contribution in [2.75, 3.05) is 7.05 Å². The van der Waals surface area contributed by atoms with Crippen molar-refractivity contribution in [3.8, 4) is 0 Å². The zero-order valence-corrected chi connectivity index (χ0v) is 7.31. The van der Waals surface area contributed by atoms with Gasteiger partial charge in [0.25, 0.3) is 5.92 Å². The van der Waals surface area contributed by atoms with E-state index in [1.54, 1.807) is 0 Å². The van der Waals surface area contributed by atoms with Gasteiger partial charge in [-0.15, -0.1) is 0 Å². The van der Waals surface area contributed by atoms with Crippen LogP contribution in [0.4, 0.5) is 8.78 Å². The third kappa shape index (κ3) is 1.57. The van der Waals surface area contributed by atoms with Crippen LogP contribution < -0.4 is 0 Å². The maximum absolute atomic E-state index is 13.0. The summed E-state index contributed by atoms with van der Waals surface area (Å²) in [7, 11) is 1.44. The maximum atomic E-state index is 13.0. The molecular weight excluding hydrogens is 164 g/mol. The predicted octanol–water partition coefficient (Wildman–Crippen LogP) is 1.65. The Morgan fingerprint density at radius 3 is 2.50 bits per heavy atom. The van der Waals surface area contributed by atoms with E-state index in [1.165, 1.54) is 14.0 Å². The highest BCUT2D eigenvalue weighted by Crippen LogP contribution is 2.37. The van der Waals surface area contributed by atoms with E-state index in [-0.39, 0.29) is 12.3 Å². The van der Waals surface area contributed by atoms with E-state index in [4.69, 9.17) is 0 Å². The second kappa shape index (κ2) is 2.99. The van der Waals surface area contributed by atoms with Crippen LogP contribution in [0.2, 0.25) is 0 Å². The highest BCUT2D eigenvalue weighted by Gasteiger charge is 2.46. The number of nitrogens with zero attached hydrogens (tertiary/aromatic N) is 1. The lowest BCUT2D eigenvalue weighted by molar-refractivity contribution is -0.137. The quantitative estimate of drug-likeness (QED) is 0.596. The van der Waals surface area contributed by atoms with Crippen molar-refractivity contribution in [3.05, 3.63) is 0 Å². The third-order valence-electron chi connectivity index (χ3n) is 2.44. The Kier molecular flexibility index (Phi) is 2.35. The van der Waals surface area contributed by atoms with Gasteiger partial charge >= 0.3 is 0 Å². The van der Waals surface area contributed by atoms with E-state index in [1.807, 2.05) is 0 Å². The fourth-order valence-electron chi connectivity index (χ4n) is 1.61. The molecule has 1 amide bonds. The Hall–Kier alpha value is -0.670. The SMILES string of the molecule is CC(=O)N(C)C1CCCC1(F)F. The van der Waals surface area contributed by atoms with Crippen LogP contribution in [-0.2, 0) is 4.79 Å². The number of hydrogen-bond acceptors (Lipinski definition) is 1. The van der Waals surface area contributed by atoms with Crippen LogP contribution >= 0.6 is 0 Å². The molecule has 1 rings (SSSR count). The van der Waals surface area contributed by atoms with Crippen molar-refractivity contribution in [1.82, 2.24) is 4.90 Å². The minimum Gasteiger partial charge on any atom is -0.337 e. The van der Waals surface area contributed by atoms with Gasteiger partial charge in [-0.3, -0.25) is 4.79 Å². The van der Waals surface area contributed by atoms with Gasteiger partial charge in [0.05, 0.1) is 6.04 Å². The van der Waals surface area contributed by atoms with Gasteiger partial charge in [-0.05, 0) is 12.8 Å². The third-order valence-corrected chi connectivity index (χ3v) is 2.44. The molecule has 12 heavy (non-hydrogen) atoms. The van der Waals surface area contributed by atoms with Gasteiger partial charge in [-0.1, -0.05) is 0 Å². The summed E-state index contributed by atoms with van der Waals surface area (Å²) in [5.74, 6) is -2.97. The first-order valence-corrected chi connectivity index (χ1v) is 4.06. The molecule has 1 fully saturated rings. The highest BCUT2D eigenvalue weighted by molar-refractivity contribution is 5.73. The first kappa shape index (κ1) is 9.42. The topological polar surface area (TPSA) is 20.3 Å². The number of halogens is 2. The fourth-order valence-corrected chi connectivity index (χ4v) is 1.61. The second-order valence-corrected chi connectivity index (χ2v) is 3.30. The van der Waals surface area contributed by atoms with Gasteiger partial charge in [-0.2, -0.15) is 0 Å². The minimum atomic E-state index is -2.68. The van der Waals surface area contributed by atoms with Crippen molar-refractivity contribution >= 4 is 5.91 Å². The Morgan fingerprint density at radius 1 is 1.58 bits per heavy atom. The molecule has 0 aromatic heterocycles. The molecule has 0 bridgehead atoms. The first-order chi connectivity index (χ1) is 5.45. The van der Waals surface area contributed by atoms with E-state index in [0.717, 1.165) is 4.90 Å². The van der Waals surface area contributed by atoms with E-state index in [9.17, 15) is 13.6 Å². The maximum Gasteiger partial charge on any atom is 0.268 e. The molecule has 1 aliphatic carbocycles. The molecule has 0 N–H and O–H groups in total. The van der Waals surface area contributed by atoms with Crippen molar-refractivity contribution in [2.24, 2.45) is 0 Å². The van der Waals surface area contributed by atoms with Crippen molar-refractivity contribution in [2.45, 2.75) is 38.2 Å². The molecule has 0 saturated heterocycles. The van der Waals surface area contributed by atoms with Gasteiger partial charge in [-0.25, -0.2) is 8.78 Å². The zero-order valence-electron chi connectivity index (χ0n) is 7.31. The predicted molar refractivity (Wildman–Crippen MR) is 41.0 cm³/mol. The molecule has 1 unspecified atom stereocenters. The van der Waals surface area contributed by atoms with Crippen molar-refractivity contribution in [1.29, 1.82) is 0 Å². The lowest BCUT2D eigenvalue weighted by Crippen LogP contribution is -2.44. The second-order valence-electron chi connectivity index (χ2n) is 3.30. The van der Waals surface area contributed by atoms with Crippen molar-refractivity contribution < 1.29 is 13.6 Å². The number of carbonyl (C=O) groups excluding carboxylic acids is 1. The Balaban J connectivity index is 2.68. The molecule has 1 atom stereocenters. The summed E-state index contributed by atoms with van der Waals surface area (Å²) in [5, 5.41) is 0. The van der Waals surface area contributed by atoms with Crippen LogP contribution in [0.3, 0.4) is 0 Å². The van der Waals surface area contributed by atoms with Crippen LogP contribution in [-0.4, -0.2) is 29.8 Å². The molecule has 0 aromatic carbocycles. The summed E-state index contributed by atoms with van der Waals surface area (Å²) in [4.78, 5) is 12.0. The van der Waals surface area contributed by atoms with E-state index < -0.39 is 12.0 Å². The molecule has 70 valence electrons. The molecule has 0 aliphatic heterocycles. The highest BCUT2D eigenvalue weighted by atomic mass is 19.3. The van der Waals surface area contributed by atoms with Crippen LogP contribution in [0.5, 0.6) is 0 Å². The van der Waals surface area contributed by atoms with Crippen LogP contribution in [0.1, 0.15) is 26.2 Å². The lowest BCUT2D eigenvalue weighted by atomic mass is 10.2. The first-order valence-electron chi connectivity index (χ1n) is 4.06. The van der Waals surface area contributed by atoms with Gasteiger partial charge in [0, 0.05) is 20.4 Å². The molecule has 0 aromatic rings. The lowest BCUT2D eigenvalue weighted by Gasteiger charge is -2.28. The van der Waals surface area contributed by atoms with Crippen molar-refractivity contribution in [3.63, 3.8) is 0 Å². The normalized spacial score (nSPS) is 27.2. The van der Waals surface area contributed by atoms with E-state index >= 15 is 0 Å². The Labute approximate surface area is 70.5 Å². The van der Waals surface area contributed by atoms with Crippen LogP contribution in [0, 0.1) is 0 Å². The number of amides is 1. The average molecular weight is 177 g/mol. The van der Waals surface area contributed by atoms with E-state index in [0.29, 0.717) is 12.8 Å². The monoisotopic (exact) mass is 177 g/mol. The fraction of sp³-hybridized carbons (Fsp3) is 0.875. The summed E-state index contributed by atoms with van der Waals surface area (Å²) >= 11 is 0. The zero-order chi connectivity index (χ0) is 9.35. The van der Waals surface area contributed by atoms with Crippen LogP contribution in [0.25, 0.3) is 0 Å². The molecular formula is C8H13F2NO. The smallest absolute Gasteiger partial charge is 0.268 e. The largest absolute Gasteiger partial charge is 0.337 e. The molecule has 1 aliphatic rings. The Bertz CT molecular complexity index is 193. The number of hydrogen-bond donors (Lipinski definition) is 0. The molecule has 0 heterocycles. The van der Waals surface area contributed by atoms with Gasteiger partial charge in [0.2, 0.25) is 5.91 Å². The molecule has 2 nitrogen and oxygen atoms in total. The van der Waals surface area contributed by atoms with Gasteiger partial charge in [0.1, 0.15) is 0 Å². The average Bonchev–Trinajstić information content (AvgIpc) is 2.27. The summed E-state index contributed by atoms with van der Waals surface area (Å²) in [5.41, 5.74) is 0. The minimum absolute atomic E-state index is 0.0880. The number of rotatable bonds is 1. The van der Waals surface area contributed by atoms with Crippen LogP contribution in [0.15, 0.2) is 0 Å². The summed E-state index contributed by atoms with van der Waals surface area (Å²) in [6.45, 7) is 1.31. The molecule has 1 saturated carbocycles. The summed E-state index contributed by atoms with van der Waals surface area (Å²) in [6, 6.07) is -0.880. The number of carbonyl (C=O) groups is 1.